The molecule has 1 aromatic heterocycles. The summed E-state index contributed by atoms with van der Waals surface area (Å²) in [7, 11) is 6.63. The molecular formula is C25H29N3O5. The van der Waals surface area contributed by atoms with Crippen molar-refractivity contribution in [2.45, 2.75) is 13.0 Å². The van der Waals surface area contributed by atoms with Crippen molar-refractivity contribution in [3.8, 4) is 23.0 Å². The second-order valence-electron chi connectivity index (χ2n) is 7.16. The third-order valence-corrected chi connectivity index (χ3v) is 5.03. The van der Waals surface area contributed by atoms with Crippen molar-refractivity contribution in [2.24, 2.45) is 7.05 Å². The van der Waals surface area contributed by atoms with E-state index in [0.717, 1.165) is 11.1 Å². The van der Waals surface area contributed by atoms with Gasteiger partial charge in [-0.2, -0.15) is 0 Å². The minimum atomic E-state index is -0.513. The first kappa shape index (κ1) is 23.7. The van der Waals surface area contributed by atoms with E-state index in [-0.39, 0.29) is 5.91 Å². The van der Waals surface area contributed by atoms with Crippen molar-refractivity contribution < 1.29 is 23.7 Å². The Labute approximate surface area is 193 Å². The van der Waals surface area contributed by atoms with E-state index in [4.69, 9.17) is 18.9 Å². The molecule has 3 rings (SSSR count). The summed E-state index contributed by atoms with van der Waals surface area (Å²) in [6, 6.07) is 10.5. The summed E-state index contributed by atoms with van der Waals surface area (Å²) >= 11 is 0. The van der Waals surface area contributed by atoms with Crippen LogP contribution in [-0.4, -0.2) is 43.4 Å². The Hall–Kier alpha value is -3.94. The molecule has 1 amide bonds. The van der Waals surface area contributed by atoms with Gasteiger partial charge < -0.3 is 28.8 Å². The predicted molar refractivity (Wildman–Crippen MR) is 126 cm³/mol. The third-order valence-electron chi connectivity index (χ3n) is 5.03. The smallest absolute Gasteiger partial charge is 0.244 e. The number of nitrogens with zero attached hydrogens (tertiary/aromatic N) is 2. The highest BCUT2D eigenvalue weighted by Gasteiger charge is 2.21. The van der Waals surface area contributed by atoms with E-state index in [2.05, 4.69) is 10.3 Å². The maximum absolute atomic E-state index is 12.9. The number of nitrogens with one attached hydrogen (secondary N) is 1. The topological polar surface area (TPSA) is 83.8 Å². The Morgan fingerprint density at radius 1 is 1.06 bits per heavy atom. The van der Waals surface area contributed by atoms with Gasteiger partial charge in [-0.25, -0.2) is 4.98 Å². The number of imidazole rings is 1. The summed E-state index contributed by atoms with van der Waals surface area (Å²) in [6.07, 6.45) is 6.71. The predicted octanol–water partition coefficient (Wildman–Crippen LogP) is 3.76. The normalized spacial score (nSPS) is 11.8. The van der Waals surface area contributed by atoms with E-state index < -0.39 is 6.04 Å². The lowest BCUT2D eigenvalue weighted by atomic mass is 10.0. The molecule has 3 aromatic rings. The Morgan fingerprint density at radius 2 is 1.79 bits per heavy atom. The molecule has 0 bridgehead atoms. The number of aryl methyl sites for hydroxylation is 1. The maximum Gasteiger partial charge on any atom is 0.244 e. The number of carbonyl (C=O) groups is 1. The summed E-state index contributed by atoms with van der Waals surface area (Å²) in [5.41, 5.74) is 1.59. The van der Waals surface area contributed by atoms with E-state index in [0.29, 0.717) is 35.4 Å². The number of amides is 1. The standard InChI is InChI=1S/C25H29N3O5/c1-6-33-22-13-17(7-9-21(22)32-5)8-10-23(29)27-24(25-26-11-12-28(25)2)18-14-19(30-3)16-20(15-18)31-4/h7-16,24H,6H2,1-5H3,(H,27,29)/b10-8+. The van der Waals surface area contributed by atoms with Gasteiger partial charge in [0.05, 0.1) is 27.9 Å². The third kappa shape index (κ3) is 5.85. The van der Waals surface area contributed by atoms with Gasteiger partial charge in [0, 0.05) is 31.6 Å². The van der Waals surface area contributed by atoms with Crippen molar-refractivity contribution in [3.05, 3.63) is 71.8 Å². The average Bonchev–Trinajstić information content (AvgIpc) is 3.26. The van der Waals surface area contributed by atoms with Gasteiger partial charge >= 0.3 is 0 Å². The van der Waals surface area contributed by atoms with Crippen LogP contribution in [0.25, 0.3) is 6.08 Å². The summed E-state index contributed by atoms with van der Waals surface area (Å²) in [6.45, 7) is 2.42. The van der Waals surface area contributed by atoms with Gasteiger partial charge in [0.1, 0.15) is 23.4 Å². The molecular weight excluding hydrogens is 422 g/mol. The van der Waals surface area contributed by atoms with Crippen molar-refractivity contribution in [1.29, 1.82) is 0 Å². The van der Waals surface area contributed by atoms with E-state index in [1.807, 2.05) is 55.1 Å². The molecule has 1 N–H and O–H groups in total. The fourth-order valence-corrected chi connectivity index (χ4v) is 3.38. The molecule has 0 saturated carbocycles. The van der Waals surface area contributed by atoms with Crippen LogP contribution < -0.4 is 24.3 Å². The molecule has 174 valence electrons. The lowest BCUT2D eigenvalue weighted by molar-refractivity contribution is -0.117. The van der Waals surface area contributed by atoms with Crippen molar-refractivity contribution in [1.82, 2.24) is 14.9 Å². The molecule has 0 aliphatic carbocycles. The summed E-state index contributed by atoms with van der Waals surface area (Å²) < 4.78 is 23.6. The van der Waals surface area contributed by atoms with Crippen LogP contribution in [0, 0.1) is 0 Å². The molecule has 0 spiro atoms. The van der Waals surface area contributed by atoms with Crippen LogP contribution in [0.2, 0.25) is 0 Å². The Kier molecular flexibility index (Phi) is 7.96. The lowest BCUT2D eigenvalue weighted by Gasteiger charge is -2.20. The monoisotopic (exact) mass is 451 g/mol. The molecule has 1 heterocycles. The first-order valence-electron chi connectivity index (χ1n) is 10.5. The molecule has 8 heteroatoms. The highest BCUT2D eigenvalue weighted by Crippen LogP contribution is 2.30. The zero-order valence-corrected chi connectivity index (χ0v) is 19.5. The zero-order chi connectivity index (χ0) is 23.8. The lowest BCUT2D eigenvalue weighted by Crippen LogP contribution is -2.29. The highest BCUT2D eigenvalue weighted by atomic mass is 16.5. The van der Waals surface area contributed by atoms with Gasteiger partial charge in [-0.15, -0.1) is 0 Å². The summed E-state index contributed by atoms with van der Waals surface area (Å²) in [5.74, 6) is 2.90. The van der Waals surface area contributed by atoms with Gasteiger partial charge in [-0.05, 0) is 48.4 Å². The van der Waals surface area contributed by atoms with Gasteiger partial charge in [0.15, 0.2) is 11.5 Å². The largest absolute Gasteiger partial charge is 0.497 e. The van der Waals surface area contributed by atoms with Crippen LogP contribution in [0.3, 0.4) is 0 Å². The van der Waals surface area contributed by atoms with Crippen molar-refractivity contribution >= 4 is 12.0 Å². The number of hydrogen-bond donors (Lipinski definition) is 1. The zero-order valence-electron chi connectivity index (χ0n) is 19.5. The maximum atomic E-state index is 12.9. The molecule has 1 unspecified atom stereocenters. The Morgan fingerprint density at radius 3 is 2.36 bits per heavy atom. The number of rotatable bonds is 10. The quantitative estimate of drug-likeness (QED) is 0.473. The van der Waals surface area contributed by atoms with Gasteiger partial charge in [0.2, 0.25) is 5.91 Å². The van der Waals surface area contributed by atoms with Crippen LogP contribution in [-0.2, 0) is 11.8 Å². The minimum absolute atomic E-state index is 0.279. The van der Waals surface area contributed by atoms with Gasteiger partial charge in [-0.1, -0.05) is 6.07 Å². The van der Waals surface area contributed by atoms with Crippen LogP contribution in [0.15, 0.2) is 54.9 Å². The number of aromatic nitrogens is 2. The molecule has 0 saturated heterocycles. The fourth-order valence-electron chi connectivity index (χ4n) is 3.38. The van der Waals surface area contributed by atoms with E-state index in [1.165, 1.54) is 6.08 Å². The van der Waals surface area contributed by atoms with Crippen LogP contribution in [0.5, 0.6) is 23.0 Å². The molecule has 0 aliphatic heterocycles. The second-order valence-corrected chi connectivity index (χ2v) is 7.16. The Balaban J connectivity index is 1.88. The van der Waals surface area contributed by atoms with Crippen LogP contribution >= 0.6 is 0 Å². The molecule has 2 aromatic carbocycles. The second kappa shape index (κ2) is 11.1. The number of methoxy groups -OCH3 is 3. The number of carbonyl (C=O) groups excluding carboxylic acids is 1. The minimum Gasteiger partial charge on any atom is -0.497 e. The number of benzene rings is 2. The molecule has 0 aliphatic rings. The van der Waals surface area contributed by atoms with Gasteiger partial charge in [0.25, 0.3) is 0 Å². The molecule has 0 radical (unpaired) electrons. The van der Waals surface area contributed by atoms with E-state index in [1.54, 1.807) is 39.7 Å². The molecule has 33 heavy (non-hydrogen) atoms. The van der Waals surface area contributed by atoms with Crippen molar-refractivity contribution in [2.75, 3.05) is 27.9 Å². The molecule has 8 nitrogen and oxygen atoms in total. The molecule has 0 fully saturated rings. The highest BCUT2D eigenvalue weighted by molar-refractivity contribution is 5.92. The van der Waals surface area contributed by atoms with E-state index >= 15 is 0 Å². The summed E-state index contributed by atoms with van der Waals surface area (Å²) in [5, 5.41) is 3.04. The first-order chi connectivity index (χ1) is 16.0. The number of hydrogen-bond acceptors (Lipinski definition) is 6. The SMILES string of the molecule is CCOc1cc(/C=C/C(=O)NC(c2cc(OC)cc(OC)c2)c2nccn2C)ccc1OC. The number of ether oxygens (including phenoxy) is 4. The molecule has 1 atom stereocenters. The van der Waals surface area contributed by atoms with E-state index in [9.17, 15) is 4.79 Å². The van der Waals surface area contributed by atoms with Gasteiger partial charge in [-0.3, -0.25) is 4.79 Å². The first-order valence-corrected chi connectivity index (χ1v) is 10.5. The Bertz CT molecular complexity index is 1100. The summed E-state index contributed by atoms with van der Waals surface area (Å²) in [4.78, 5) is 17.3. The van der Waals surface area contributed by atoms with Crippen LogP contribution in [0.1, 0.15) is 29.9 Å². The average molecular weight is 452 g/mol. The van der Waals surface area contributed by atoms with Crippen molar-refractivity contribution in [3.63, 3.8) is 0 Å². The van der Waals surface area contributed by atoms with Crippen LogP contribution in [0.4, 0.5) is 0 Å². The fraction of sp³-hybridized carbons (Fsp3) is 0.280.